The number of aryl methyl sites for hydroxylation is 2. The van der Waals surface area contributed by atoms with Gasteiger partial charge in [-0.1, -0.05) is 78.6 Å². The molecule has 42 heavy (non-hydrogen) atoms. The number of anilines is 2. The lowest BCUT2D eigenvalue weighted by molar-refractivity contribution is 0.399. The van der Waals surface area contributed by atoms with Crippen LogP contribution in [0.5, 0.6) is 11.5 Å². The van der Waals surface area contributed by atoms with Crippen molar-refractivity contribution in [1.29, 1.82) is 0 Å². The van der Waals surface area contributed by atoms with Crippen LogP contribution >= 0.6 is 31.9 Å². The highest BCUT2D eigenvalue weighted by molar-refractivity contribution is 9.10. The number of benzene rings is 4. The van der Waals surface area contributed by atoms with Crippen LogP contribution in [-0.4, -0.2) is 20.5 Å². The third-order valence-corrected chi connectivity index (χ3v) is 8.01. The zero-order valence-corrected chi connectivity index (χ0v) is 25.8. The van der Waals surface area contributed by atoms with Gasteiger partial charge in [-0.2, -0.15) is 0 Å². The van der Waals surface area contributed by atoms with E-state index in [1.807, 2.05) is 74.5 Å². The Morgan fingerprint density at radius 2 is 1.05 bits per heavy atom. The molecule has 4 N–H and O–H groups in total. The highest BCUT2D eigenvalue weighted by Crippen LogP contribution is 2.44. The fourth-order valence-corrected chi connectivity index (χ4v) is 6.05. The van der Waals surface area contributed by atoms with Gasteiger partial charge in [0.1, 0.15) is 23.0 Å². The number of halogens is 2. The van der Waals surface area contributed by atoms with Gasteiger partial charge in [0.2, 0.25) is 0 Å². The summed E-state index contributed by atoms with van der Waals surface area (Å²) in [6, 6.07) is 25.2. The molecular weight excluding hydrogens is 664 g/mol. The maximum Gasteiger partial charge on any atom is 0.170 e. The lowest BCUT2D eigenvalue weighted by Crippen LogP contribution is -2.15. The molecule has 0 radical (unpaired) electrons. The molecule has 0 amide bonds. The topological polar surface area (TPSA) is 117 Å². The number of aromatic nitrogens is 2. The first-order chi connectivity index (χ1) is 20.3. The number of aromatic hydroxyl groups is 2. The maximum atomic E-state index is 11.4. The number of phenolic OH excluding ortho intramolecular Hbond substituents is 2. The second kappa shape index (κ2) is 11.5. The van der Waals surface area contributed by atoms with Crippen molar-refractivity contribution in [1.82, 2.24) is 10.3 Å². The van der Waals surface area contributed by atoms with Gasteiger partial charge in [0, 0.05) is 32.2 Å². The van der Waals surface area contributed by atoms with Crippen molar-refractivity contribution in [2.24, 2.45) is 0 Å². The van der Waals surface area contributed by atoms with Gasteiger partial charge < -0.3 is 29.9 Å². The number of hydrogen-bond donors (Lipinski definition) is 4. The Bertz CT molecular complexity index is 1760. The molecule has 0 saturated heterocycles. The van der Waals surface area contributed by atoms with Gasteiger partial charge in [0.05, 0.1) is 12.1 Å². The zero-order valence-electron chi connectivity index (χ0n) is 22.6. The molecule has 0 bridgehead atoms. The molecule has 0 aliphatic rings. The average molecular weight is 690 g/mol. The largest absolute Gasteiger partial charge is 0.508 e. The molecule has 0 saturated carbocycles. The summed E-state index contributed by atoms with van der Waals surface area (Å²) in [7, 11) is 0. The smallest absolute Gasteiger partial charge is 0.170 e. The van der Waals surface area contributed by atoms with Crippen molar-refractivity contribution in [3.63, 3.8) is 0 Å². The van der Waals surface area contributed by atoms with Crippen LogP contribution < -0.4 is 10.6 Å². The molecule has 2 atom stereocenters. The Morgan fingerprint density at radius 3 is 1.40 bits per heavy atom. The van der Waals surface area contributed by atoms with E-state index < -0.39 is 12.1 Å². The highest BCUT2D eigenvalue weighted by Gasteiger charge is 2.27. The average Bonchev–Trinajstić information content (AvgIpc) is 3.58. The first-order valence-corrected chi connectivity index (χ1v) is 14.7. The lowest BCUT2D eigenvalue weighted by atomic mass is 9.87. The molecule has 2 heterocycles. The summed E-state index contributed by atoms with van der Waals surface area (Å²) >= 11 is 7.17. The van der Waals surface area contributed by atoms with Gasteiger partial charge in [-0.15, -0.1) is 0 Å². The van der Waals surface area contributed by atoms with E-state index in [2.05, 4.69) is 52.8 Å². The zero-order chi connectivity index (χ0) is 29.4. The van der Waals surface area contributed by atoms with E-state index in [9.17, 15) is 10.2 Å². The van der Waals surface area contributed by atoms with Crippen LogP contribution in [0.25, 0.3) is 10.8 Å². The third kappa shape index (κ3) is 5.60. The van der Waals surface area contributed by atoms with Crippen molar-refractivity contribution in [3.8, 4) is 11.5 Å². The third-order valence-electron chi connectivity index (χ3n) is 7.02. The molecule has 4 aromatic carbocycles. The molecule has 6 aromatic rings. The number of nitrogens with zero attached hydrogens (tertiary/aromatic N) is 2. The van der Waals surface area contributed by atoms with Crippen LogP contribution in [0.15, 0.2) is 103 Å². The van der Waals surface area contributed by atoms with Crippen molar-refractivity contribution in [3.05, 3.63) is 128 Å². The molecule has 2 aromatic heterocycles. The Morgan fingerprint density at radius 1 is 0.619 bits per heavy atom. The van der Waals surface area contributed by atoms with E-state index in [-0.39, 0.29) is 11.5 Å². The summed E-state index contributed by atoms with van der Waals surface area (Å²) in [6.45, 7) is 3.64. The van der Waals surface area contributed by atoms with Gasteiger partial charge in [-0.25, -0.2) is 0 Å². The number of hydrogen-bond acceptors (Lipinski definition) is 8. The molecular formula is C32H26Br2N4O4. The van der Waals surface area contributed by atoms with E-state index in [0.29, 0.717) is 34.3 Å². The van der Waals surface area contributed by atoms with Gasteiger partial charge in [0.15, 0.2) is 11.6 Å². The summed E-state index contributed by atoms with van der Waals surface area (Å²) in [4.78, 5) is 0. The quantitative estimate of drug-likeness (QED) is 0.125. The van der Waals surface area contributed by atoms with Crippen LogP contribution in [0.2, 0.25) is 0 Å². The molecule has 0 fully saturated rings. The highest BCUT2D eigenvalue weighted by atomic mass is 79.9. The first-order valence-electron chi connectivity index (χ1n) is 13.1. The maximum absolute atomic E-state index is 11.4. The molecule has 8 nitrogen and oxygen atoms in total. The SMILES string of the molecule is Cc1cc(N[C@@H](c2cccc(Br)c2)c2c(O)ccc3c([C@@H](Nc4cc(C)on4)c4cccc(Br)c4)c(O)ccc23)no1. The van der Waals surface area contributed by atoms with Crippen LogP contribution in [0, 0.1) is 13.8 Å². The van der Waals surface area contributed by atoms with Crippen LogP contribution in [0.1, 0.15) is 45.9 Å². The van der Waals surface area contributed by atoms with Crippen molar-refractivity contribution in [2.75, 3.05) is 10.6 Å². The van der Waals surface area contributed by atoms with Crippen molar-refractivity contribution < 1.29 is 19.3 Å². The molecule has 6 rings (SSSR count). The minimum atomic E-state index is -0.511. The van der Waals surface area contributed by atoms with Crippen molar-refractivity contribution in [2.45, 2.75) is 25.9 Å². The first kappa shape index (κ1) is 27.9. The minimum absolute atomic E-state index is 0.0934. The monoisotopic (exact) mass is 688 g/mol. The summed E-state index contributed by atoms with van der Waals surface area (Å²) in [5, 5.41) is 39.4. The predicted octanol–water partition coefficient (Wildman–Crippen LogP) is 8.77. The molecule has 0 aliphatic carbocycles. The fourth-order valence-electron chi connectivity index (χ4n) is 5.22. The molecule has 212 valence electrons. The molecule has 10 heteroatoms. The summed E-state index contributed by atoms with van der Waals surface area (Å²) in [5.74, 6) is 2.56. The van der Waals surface area contributed by atoms with E-state index >= 15 is 0 Å². The summed E-state index contributed by atoms with van der Waals surface area (Å²) in [6.07, 6.45) is 0. The number of phenols is 2. The molecule has 0 aliphatic heterocycles. The predicted molar refractivity (Wildman–Crippen MR) is 169 cm³/mol. The van der Waals surface area contributed by atoms with Gasteiger partial charge >= 0.3 is 0 Å². The Labute approximate surface area is 258 Å². The van der Waals surface area contributed by atoms with E-state index in [0.717, 1.165) is 30.8 Å². The second-order valence-corrected chi connectivity index (χ2v) is 11.8. The van der Waals surface area contributed by atoms with E-state index in [4.69, 9.17) is 9.05 Å². The minimum Gasteiger partial charge on any atom is -0.508 e. The van der Waals surface area contributed by atoms with Gasteiger partial charge in [-0.3, -0.25) is 0 Å². The van der Waals surface area contributed by atoms with Crippen molar-refractivity contribution >= 4 is 54.3 Å². The number of nitrogens with one attached hydrogen (secondary N) is 2. The summed E-state index contributed by atoms with van der Waals surface area (Å²) in [5.41, 5.74) is 3.03. The molecule has 0 spiro atoms. The lowest BCUT2D eigenvalue weighted by Gasteiger charge is -2.26. The number of rotatable bonds is 8. The Hall–Kier alpha value is -4.28. The van der Waals surface area contributed by atoms with E-state index in [1.54, 1.807) is 24.3 Å². The fraction of sp³-hybridized carbons (Fsp3) is 0.125. The van der Waals surface area contributed by atoms with Crippen LogP contribution in [0.4, 0.5) is 11.6 Å². The van der Waals surface area contributed by atoms with E-state index in [1.165, 1.54) is 0 Å². The van der Waals surface area contributed by atoms with Gasteiger partial charge in [0.25, 0.3) is 0 Å². The second-order valence-electron chi connectivity index (χ2n) is 10.0. The number of fused-ring (bicyclic) bond motifs is 1. The van der Waals surface area contributed by atoms with Crippen LogP contribution in [-0.2, 0) is 0 Å². The van der Waals surface area contributed by atoms with Gasteiger partial charge in [-0.05, 0) is 72.1 Å². The molecule has 0 unspecified atom stereocenters. The van der Waals surface area contributed by atoms with Crippen LogP contribution in [0.3, 0.4) is 0 Å². The standard InChI is InChI=1S/C32H26Br2N4O4/c1-17-13-27(37-41-17)35-31(19-5-3-7-21(33)15-19)29-23-9-12-26(40)30(24(23)10-11-25(29)39)32(20-6-4-8-22(34)16-20)36-28-14-18(2)42-38-28/h3-16,31-32,39-40H,1-2H3,(H,35,37)(H,36,38)/t31-,32-/m0/s1. The summed E-state index contributed by atoms with van der Waals surface area (Å²) < 4.78 is 12.4. The Kier molecular flexibility index (Phi) is 7.66. The normalized spacial score (nSPS) is 12.8. The Balaban J connectivity index is 1.58.